The van der Waals surface area contributed by atoms with Gasteiger partial charge in [0.2, 0.25) is 5.91 Å². The van der Waals surface area contributed by atoms with Crippen molar-refractivity contribution in [2.45, 2.75) is 13.0 Å². The number of carbonyl (C=O) groups is 2. The molecule has 1 aliphatic rings. The number of rotatable bonds is 4. The summed E-state index contributed by atoms with van der Waals surface area (Å²) in [5, 5.41) is 5.17. The van der Waals surface area contributed by atoms with Gasteiger partial charge in [0, 0.05) is 16.3 Å². The third-order valence-electron chi connectivity index (χ3n) is 5.99. The molecule has 5 rings (SSSR count). The molecule has 0 spiro atoms. The van der Waals surface area contributed by atoms with Crippen molar-refractivity contribution < 1.29 is 14.3 Å². The Hall–Kier alpha value is -3.83. The first kappa shape index (κ1) is 22.0. The molecule has 6 heteroatoms. The second-order valence-corrected chi connectivity index (χ2v) is 8.56. The van der Waals surface area contributed by atoms with Gasteiger partial charge in [-0.15, -0.1) is 0 Å². The van der Waals surface area contributed by atoms with E-state index in [1.165, 1.54) is 0 Å². The van der Waals surface area contributed by atoms with Crippen molar-refractivity contribution in [2.24, 2.45) is 0 Å². The van der Waals surface area contributed by atoms with Crippen molar-refractivity contribution in [1.29, 1.82) is 0 Å². The Bertz CT molecular complexity index is 1390. The summed E-state index contributed by atoms with van der Waals surface area (Å²) in [4.78, 5) is 28.9. The van der Waals surface area contributed by atoms with E-state index in [4.69, 9.17) is 16.3 Å². The van der Waals surface area contributed by atoms with Crippen LogP contribution in [0.1, 0.15) is 34.5 Å². The van der Waals surface area contributed by atoms with Crippen molar-refractivity contribution >= 4 is 39.9 Å². The Labute approximate surface area is 202 Å². The van der Waals surface area contributed by atoms with Crippen LogP contribution in [0, 0.1) is 0 Å². The summed E-state index contributed by atoms with van der Waals surface area (Å²) in [5.74, 6) is -0.0559. The Balaban J connectivity index is 1.74. The van der Waals surface area contributed by atoms with Crippen molar-refractivity contribution in [2.75, 3.05) is 18.5 Å². The van der Waals surface area contributed by atoms with Gasteiger partial charge in [-0.2, -0.15) is 0 Å². The molecule has 0 saturated carbocycles. The maximum atomic E-state index is 14.3. The van der Waals surface area contributed by atoms with Gasteiger partial charge in [-0.05, 0) is 47.5 Å². The number of hydrogen-bond acceptors (Lipinski definition) is 3. The molecule has 0 aromatic heterocycles. The average molecular weight is 471 g/mol. The summed E-state index contributed by atoms with van der Waals surface area (Å²) in [5.41, 5.74) is 2.73. The van der Waals surface area contributed by atoms with Crippen LogP contribution in [-0.2, 0) is 4.79 Å². The maximum absolute atomic E-state index is 14.3. The minimum absolute atomic E-state index is 0.112. The highest BCUT2D eigenvalue weighted by atomic mass is 35.5. The van der Waals surface area contributed by atoms with E-state index in [0.29, 0.717) is 28.6 Å². The normalized spacial score (nSPS) is 15.4. The van der Waals surface area contributed by atoms with Gasteiger partial charge in [-0.1, -0.05) is 72.3 Å². The SMILES string of the molecule is CCOc1ccc2ccccc2c1C(=O)N1CC(=O)Nc2ccc(Cl)cc2C1c1ccccc1. The van der Waals surface area contributed by atoms with E-state index in [1.807, 2.05) is 79.7 Å². The van der Waals surface area contributed by atoms with Crippen molar-refractivity contribution in [3.05, 3.63) is 107 Å². The van der Waals surface area contributed by atoms with Gasteiger partial charge in [-0.3, -0.25) is 9.59 Å². The number of fused-ring (bicyclic) bond motifs is 2. The Morgan fingerprint density at radius 1 is 1.03 bits per heavy atom. The van der Waals surface area contributed by atoms with Crippen LogP contribution in [-0.4, -0.2) is 29.9 Å². The summed E-state index contributed by atoms with van der Waals surface area (Å²) in [6.07, 6.45) is 0. The van der Waals surface area contributed by atoms with E-state index in [0.717, 1.165) is 21.9 Å². The average Bonchev–Trinajstić information content (AvgIpc) is 2.99. The van der Waals surface area contributed by atoms with Crippen LogP contribution in [0.3, 0.4) is 0 Å². The lowest BCUT2D eigenvalue weighted by atomic mass is 9.94. The van der Waals surface area contributed by atoms with Crippen molar-refractivity contribution in [1.82, 2.24) is 4.90 Å². The molecule has 0 bridgehead atoms. The molecule has 0 radical (unpaired) electrons. The van der Waals surface area contributed by atoms with Crippen LogP contribution in [0.25, 0.3) is 10.8 Å². The van der Waals surface area contributed by atoms with Crippen LogP contribution >= 0.6 is 11.6 Å². The van der Waals surface area contributed by atoms with Gasteiger partial charge in [0.05, 0.1) is 18.2 Å². The first-order chi connectivity index (χ1) is 16.6. The molecule has 1 aliphatic heterocycles. The van der Waals surface area contributed by atoms with Crippen LogP contribution in [0.4, 0.5) is 5.69 Å². The summed E-state index contributed by atoms with van der Waals surface area (Å²) in [6, 6.07) is 25.9. The molecular formula is C28H23ClN2O3. The van der Waals surface area contributed by atoms with E-state index in [1.54, 1.807) is 17.0 Å². The van der Waals surface area contributed by atoms with Crippen molar-refractivity contribution in [3.63, 3.8) is 0 Å². The second-order valence-electron chi connectivity index (χ2n) is 8.12. The minimum atomic E-state index is -0.519. The summed E-state index contributed by atoms with van der Waals surface area (Å²) < 4.78 is 5.88. The minimum Gasteiger partial charge on any atom is -0.493 e. The molecular weight excluding hydrogens is 448 g/mol. The van der Waals surface area contributed by atoms with Crippen LogP contribution < -0.4 is 10.1 Å². The summed E-state index contributed by atoms with van der Waals surface area (Å²) in [7, 11) is 0. The molecule has 1 heterocycles. The van der Waals surface area contributed by atoms with Crippen LogP contribution in [0.15, 0.2) is 84.9 Å². The smallest absolute Gasteiger partial charge is 0.259 e. The standard InChI is InChI=1S/C28H23ClN2O3/c1-2-34-24-15-12-18-8-6-7-11-21(18)26(24)28(33)31-17-25(32)30-23-14-13-20(29)16-22(23)27(31)19-9-4-3-5-10-19/h3-16,27H,2,17H2,1H3,(H,30,32). The monoisotopic (exact) mass is 470 g/mol. The zero-order valence-electron chi connectivity index (χ0n) is 18.6. The molecule has 0 fully saturated rings. The topological polar surface area (TPSA) is 58.6 Å². The Morgan fingerprint density at radius 3 is 2.59 bits per heavy atom. The molecule has 34 heavy (non-hydrogen) atoms. The van der Waals surface area contributed by atoms with Gasteiger partial charge in [-0.25, -0.2) is 0 Å². The predicted octanol–water partition coefficient (Wildman–Crippen LogP) is 6.08. The molecule has 4 aromatic carbocycles. The van der Waals surface area contributed by atoms with Crippen LogP contribution in [0.2, 0.25) is 5.02 Å². The van der Waals surface area contributed by atoms with E-state index < -0.39 is 6.04 Å². The Kier molecular flexibility index (Phi) is 5.95. The van der Waals surface area contributed by atoms with Gasteiger partial charge in [0.15, 0.2) is 0 Å². The summed E-state index contributed by atoms with van der Waals surface area (Å²) in [6.45, 7) is 2.19. The lowest BCUT2D eigenvalue weighted by Crippen LogP contribution is -2.39. The predicted molar refractivity (Wildman–Crippen MR) is 135 cm³/mol. The van der Waals surface area contributed by atoms with Gasteiger partial charge >= 0.3 is 0 Å². The number of nitrogens with one attached hydrogen (secondary N) is 1. The zero-order valence-corrected chi connectivity index (χ0v) is 19.4. The first-order valence-corrected chi connectivity index (χ1v) is 11.5. The van der Waals surface area contributed by atoms with Crippen LogP contribution in [0.5, 0.6) is 5.75 Å². The Morgan fingerprint density at radius 2 is 1.79 bits per heavy atom. The number of nitrogens with zero attached hydrogens (tertiary/aromatic N) is 1. The van der Waals surface area contributed by atoms with Gasteiger partial charge in [0.1, 0.15) is 12.3 Å². The molecule has 1 N–H and O–H groups in total. The molecule has 1 unspecified atom stereocenters. The largest absolute Gasteiger partial charge is 0.493 e. The maximum Gasteiger partial charge on any atom is 0.259 e. The fourth-order valence-corrected chi connectivity index (χ4v) is 4.73. The third-order valence-corrected chi connectivity index (χ3v) is 6.22. The number of hydrogen-bond donors (Lipinski definition) is 1. The lowest BCUT2D eigenvalue weighted by molar-refractivity contribution is -0.117. The van der Waals surface area contributed by atoms with Gasteiger partial charge < -0.3 is 15.0 Å². The molecule has 4 aromatic rings. The number of halogens is 1. The first-order valence-electron chi connectivity index (χ1n) is 11.2. The van der Waals surface area contributed by atoms with E-state index in [9.17, 15) is 9.59 Å². The quantitative estimate of drug-likeness (QED) is 0.393. The second kappa shape index (κ2) is 9.20. The molecule has 0 aliphatic carbocycles. The number of carbonyl (C=O) groups excluding carboxylic acids is 2. The molecule has 2 amide bonds. The fraction of sp³-hybridized carbons (Fsp3) is 0.143. The highest BCUT2D eigenvalue weighted by Gasteiger charge is 2.35. The number of ether oxygens (including phenoxy) is 1. The molecule has 0 saturated heterocycles. The highest BCUT2D eigenvalue weighted by molar-refractivity contribution is 6.30. The van der Waals surface area contributed by atoms with Crippen molar-refractivity contribution in [3.8, 4) is 5.75 Å². The summed E-state index contributed by atoms with van der Waals surface area (Å²) >= 11 is 6.37. The molecule has 5 nitrogen and oxygen atoms in total. The number of amides is 2. The van der Waals surface area contributed by atoms with Gasteiger partial charge in [0.25, 0.3) is 5.91 Å². The van der Waals surface area contributed by atoms with E-state index in [2.05, 4.69) is 5.32 Å². The van der Waals surface area contributed by atoms with E-state index >= 15 is 0 Å². The number of anilines is 1. The highest BCUT2D eigenvalue weighted by Crippen LogP contribution is 2.39. The molecule has 170 valence electrons. The lowest BCUT2D eigenvalue weighted by Gasteiger charge is -2.31. The third kappa shape index (κ3) is 3.99. The van der Waals surface area contributed by atoms with E-state index in [-0.39, 0.29) is 18.4 Å². The fourth-order valence-electron chi connectivity index (χ4n) is 4.55. The number of benzene rings is 4. The molecule has 1 atom stereocenters. The zero-order chi connectivity index (χ0) is 23.7.